The largest absolute Gasteiger partial charge is 0.473 e. The van der Waals surface area contributed by atoms with Crippen molar-refractivity contribution in [3.05, 3.63) is 36.7 Å². The third-order valence-electron chi connectivity index (χ3n) is 6.68. The highest BCUT2D eigenvalue weighted by Crippen LogP contribution is 2.35. The molecule has 2 aliphatic rings. The number of carbonyl (C=O) groups is 1. The van der Waals surface area contributed by atoms with Gasteiger partial charge in [0, 0.05) is 31.8 Å². The van der Waals surface area contributed by atoms with Gasteiger partial charge >= 0.3 is 5.97 Å². The molecule has 1 saturated heterocycles. The fourth-order valence-electron chi connectivity index (χ4n) is 4.92. The van der Waals surface area contributed by atoms with Gasteiger partial charge in [-0.15, -0.1) is 5.10 Å². The maximum Gasteiger partial charge on any atom is 0.306 e. The smallest absolute Gasteiger partial charge is 0.306 e. The number of hydrogen-bond acceptors (Lipinski definition) is 9. The second-order valence-electron chi connectivity index (χ2n) is 10.7. The molecular weight excluding hydrogens is 474 g/mol. The lowest BCUT2D eigenvalue weighted by molar-refractivity contribution is -0.157. The zero-order valence-corrected chi connectivity index (χ0v) is 21.3. The SMILES string of the molecule is CC(C)(C)OC(=O)CC1CC(Oc2ccc3ncc(-c4cc5c(N6CCOCC6)nccc5o4)n3n2)C1. The normalized spacial score (nSPS) is 20.2. The molecule has 0 N–H and O–H groups in total. The summed E-state index contributed by atoms with van der Waals surface area (Å²) in [7, 11) is 0. The summed E-state index contributed by atoms with van der Waals surface area (Å²) >= 11 is 0. The molecule has 1 aliphatic heterocycles. The van der Waals surface area contributed by atoms with Crippen LogP contribution in [0.15, 0.2) is 41.1 Å². The lowest BCUT2D eigenvalue weighted by Gasteiger charge is -2.34. The monoisotopic (exact) mass is 505 g/mol. The number of anilines is 1. The van der Waals surface area contributed by atoms with Crippen molar-refractivity contribution < 1.29 is 23.4 Å². The summed E-state index contributed by atoms with van der Waals surface area (Å²) in [6, 6.07) is 7.58. The van der Waals surface area contributed by atoms with E-state index in [4.69, 9.17) is 18.6 Å². The first-order valence-corrected chi connectivity index (χ1v) is 12.8. The Morgan fingerprint density at radius 2 is 1.95 bits per heavy atom. The molecule has 37 heavy (non-hydrogen) atoms. The zero-order valence-electron chi connectivity index (χ0n) is 21.3. The Bertz CT molecular complexity index is 1430. The molecule has 10 nitrogen and oxygen atoms in total. The van der Waals surface area contributed by atoms with Crippen LogP contribution in [0.5, 0.6) is 5.88 Å². The molecule has 0 amide bonds. The number of imidazole rings is 1. The summed E-state index contributed by atoms with van der Waals surface area (Å²) in [4.78, 5) is 23.4. The van der Waals surface area contributed by atoms with Crippen LogP contribution >= 0.6 is 0 Å². The van der Waals surface area contributed by atoms with Crippen molar-refractivity contribution >= 4 is 28.4 Å². The van der Waals surface area contributed by atoms with Gasteiger partial charge in [-0.25, -0.2) is 14.5 Å². The third-order valence-corrected chi connectivity index (χ3v) is 6.68. The third kappa shape index (κ3) is 4.98. The maximum absolute atomic E-state index is 12.1. The molecule has 10 heteroatoms. The Hall–Kier alpha value is -3.66. The standard InChI is InChI=1S/C27H31N5O5/c1-27(2,3)37-25(33)14-17-12-18(13-17)35-24-5-4-23-29-16-20(32(23)30-24)22-15-19-21(36-22)6-7-28-26(19)31-8-10-34-11-9-31/h4-7,15-18H,8-14H2,1-3H3. The van der Waals surface area contributed by atoms with Crippen LogP contribution < -0.4 is 9.64 Å². The maximum atomic E-state index is 12.1. The highest BCUT2D eigenvalue weighted by molar-refractivity contribution is 5.92. The average molecular weight is 506 g/mol. The van der Waals surface area contributed by atoms with Gasteiger partial charge in [-0.3, -0.25) is 4.79 Å². The Morgan fingerprint density at radius 3 is 2.73 bits per heavy atom. The van der Waals surface area contributed by atoms with Crippen molar-refractivity contribution in [1.29, 1.82) is 0 Å². The Morgan fingerprint density at radius 1 is 1.14 bits per heavy atom. The van der Waals surface area contributed by atoms with Gasteiger partial charge in [0.05, 0.1) is 24.8 Å². The highest BCUT2D eigenvalue weighted by Gasteiger charge is 2.34. The molecule has 1 saturated carbocycles. The highest BCUT2D eigenvalue weighted by atomic mass is 16.6. The van der Waals surface area contributed by atoms with Crippen LogP contribution in [0.4, 0.5) is 5.82 Å². The van der Waals surface area contributed by atoms with Crippen molar-refractivity contribution in [2.45, 2.75) is 51.7 Å². The van der Waals surface area contributed by atoms with E-state index in [0.717, 1.165) is 48.4 Å². The average Bonchev–Trinajstić information content (AvgIpc) is 3.45. The number of rotatable bonds is 6. The topological polar surface area (TPSA) is 104 Å². The number of aromatic nitrogens is 4. The van der Waals surface area contributed by atoms with E-state index in [0.29, 0.717) is 36.9 Å². The summed E-state index contributed by atoms with van der Waals surface area (Å²) in [6.45, 7) is 8.62. The van der Waals surface area contributed by atoms with E-state index >= 15 is 0 Å². The van der Waals surface area contributed by atoms with Gasteiger partial charge in [0.15, 0.2) is 11.4 Å². The molecule has 1 aliphatic carbocycles. The van der Waals surface area contributed by atoms with Gasteiger partial charge in [0.1, 0.15) is 28.8 Å². The number of hydrogen-bond donors (Lipinski definition) is 0. The first-order valence-electron chi connectivity index (χ1n) is 12.8. The van der Waals surface area contributed by atoms with Crippen molar-refractivity contribution in [1.82, 2.24) is 19.6 Å². The van der Waals surface area contributed by atoms with Crippen molar-refractivity contribution in [3.63, 3.8) is 0 Å². The minimum atomic E-state index is -0.459. The predicted molar refractivity (Wildman–Crippen MR) is 137 cm³/mol. The molecule has 0 spiro atoms. The van der Waals surface area contributed by atoms with E-state index in [2.05, 4.69) is 20.0 Å². The molecule has 4 aromatic heterocycles. The molecule has 0 unspecified atom stereocenters. The lowest BCUT2D eigenvalue weighted by Crippen LogP contribution is -2.36. The summed E-state index contributed by atoms with van der Waals surface area (Å²) in [6.07, 6.45) is 5.58. The second-order valence-corrected chi connectivity index (χ2v) is 10.7. The van der Waals surface area contributed by atoms with Crippen LogP contribution in [0.1, 0.15) is 40.0 Å². The molecule has 6 rings (SSSR count). The summed E-state index contributed by atoms with van der Waals surface area (Å²) in [5.41, 5.74) is 1.74. The Balaban J connectivity index is 1.18. The number of esters is 1. The first-order chi connectivity index (χ1) is 17.8. The minimum Gasteiger partial charge on any atom is -0.473 e. The molecule has 2 fully saturated rings. The number of morpholine rings is 1. The Labute approximate surface area is 214 Å². The molecular formula is C27H31N5O5. The van der Waals surface area contributed by atoms with Crippen molar-refractivity contribution in [2.75, 3.05) is 31.2 Å². The van der Waals surface area contributed by atoms with Crippen LogP contribution in [0.25, 0.3) is 28.1 Å². The lowest BCUT2D eigenvalue weighted by atomic mass is 9.80. The van der Waals surface area contributed by atoms with Gasteiger partial charge in [-0.1, -0.05) is 0 Å². The molecule has 0 aromatic carbocycles. The van der Waals surface area contributed by atoms with Gasteiger partial charge in [0.25, 0.3) is 0 Å². The summed E-state index contributed by atoms with van der Waals surface area (Å²) < 4.78 is 25.0. The van der Waals surface area contributed by atoms with Gasteiger partial charge in [-0.05, 0) is 57.7 Å². The molecule has 0 radical (unpaired) electrons. The first kappa shape index (κ1) is 23.7. The fourth-order valence-corrected chi connectivity index (χ4v) is 4.92. The van der Waals surface area contributed by atoms with Crippen LogP contribution in [0, 0.1) is 5.92 Å². The van der Waals surface area contributed by atoms with Crippen molar-refractivity contribution in [2.24, 2.45) is 5.92 Å². The van der Waals surface area contributed by atoms with E-state index in [9.17, 15) is 4.79 Å². The number of furan rings is 1. The molecule has 5 heterocycles. The predicted octanol–water partition coefficient (Wildman–Crippen LogP) is 4.26. The van der Waals surface area contributed by atoms with Crippen LogP contribution in [-0.2, 0) is 14.3 Å². The molecule has 0 atom stereocenters. The van der Waals surface area contributed by atoms with Crippen LogP contribution in [0.3, 0.4) is 0 Å². The number of fused-ring (bicyclic) bond motifs is 2. The zero-order chi connectivity index (χ0) is 25.6. The minimum absolute atomic E-state index is 0.0257. The van der Waals surface area contributed by atoms with Gasteiger partial charge in [0.2, 0.25) is 5.88 Å². The summed E-state index contributed by atoms with van der Waals surface area (Å²) in [5, 5.41) is 5.64. The van der Waals surface area contributed by atoms with Gasteiger partial charge < -0.3 is 23.5 Å². The van der Waals surface area contributed by atoms with E-state index in [1.807, 2.05) is 45.0 Å². The van der Waals surface area contributed by atoms with Crippen LogP contribution in [-0.4, -0.2) is 63.6 Å². The number of nitrogens with zero attached hydrogens (tertiary/aromatic N) is 5. The Kier molecular flexibility index (Phi) is 5.98. The number of ether oxygens (including phenoxy) is 3. The van der Waals surface area contributed by atoms with E-state index in [1.54, 1.807) is 16.9 Å². The van der Waals surface area contributed by atoms with Crippen molar-refractivity contribution in [3.8, 4) is 17.3 Å². The molecule has 4 aromatic rings. The number of pyridine rings is 1. The van der Waals surface area contributed by atoms with E-state index < -0.39 is 5.60 Å². The number of carbonyl (C=O) groups excluding carboxylic acids is 1. The van der Waals surface area contributed by atoms with Gasteiger partial charge in [-0.2, -0.15) is 0 Å². The van der Waals surface area contributed by atoms with E-state index in [-0.39, 0.29) is 18.0 Å². The summed E-state index contributed by atoms with van der Waals surface area (Å²) in [5.74, 6) is 2.19. The quantitative estimate of drug-likeness (QED) is 0.355. The van der Waals surface area contributed by atoms with E-state index in [1.165, 1.54) is 0 Å². The molecule has 194 valence electrons. The van der Waals surface area contributed by atoms with Crippen LogP contribution in [0.2, 0.25) is 0 Å². The fraction of sp³-hybridized carbons (Fsp3) is 0.481. The molecule has 0 bridgehead atoms. The second kappa shape index (κ2) is 9.33.